The Morgan fingerprint density at radius 2 is 1.70 bits per heavy atom. The van der Waals surface area contributed by atoms with Gasteiger partial charge >= 0.3 is 5.97 Å². The van der Waals surface area contributed by atoms with E-state index in [0.29, 0.717) is 4.88 Å². The van der Waals surface area contributed by atoms with E-state index in [1.54, 1.807) is 0 Å². The van der Waals surface area contributed by atoms with E-state index in [0.717, 1.165) is 32.6 Å². The zero-order chi connectivity index (χ0) is 14.9. The molecule has 0 fully saturated rings. The van der Waals surface area contributed by atoms with Crippen LogP contribution in [0.15, 0.2) is 28.7 Å². The maximum atomic E-state index is 12.1. The van der Waals surface area contributed by atoms with Gasteiger partial charge in [0.25, 0.3) is 5.91 Å². The molecule has 104 valence electrons. The number of anilines is 1. The summed E-state index contributed by atoms with van der Waals surface area (Å²) in [4.78, 5) is 23.5. The third-order valence-corrected chi connectivity index (χ3v) is 4.31. The molecule has 1 aromatic heterocycles. The lowest BCUT2D eigenvalue weighted by molar-refractivity contribution is 0.0702. The molecule has 20 heavy (non-hydrogen) atoms. The van der Waals surface area contributed by atoms with Crippen LogP contribution < -0.4 is 5.32 Å². The topological polar surface area (TPSA) is 66.4 Å². The molecule has 0 spiro atoms. The normalized spacial score (nSPS) is 10.3. The monoisotopic (exact) mass is 353 g/mol. The van der Waals surface area contributed by atoms with Crippen LogP contribution in [0.25, 0.3) is 0 Å². The van der Waals surface area contributed by atoms with Gasteiger partial charge in [0.05, 0.1) is 4.88 Å². The van der Waals surface area contributed by atoms with Crippen molar-refractivity contribution in [3.05, 3.63) is 49.6 Å². The van der Waals surface area contributed by atoms with Crippen molar-refractivity contribution >= 4 is 44.8 Å². The van der Waals surface area contributed by atoms with Gasteiger partial charge in [0.15, 0.2) is 0 Å². The number of rotatable bonds is 3. The van der Waals surface area contributed by atoms with Crippen LogP contribution in [0.4, 0.5) is 5.69 Å². The first-order valence-electron chi connectivity index (χ1n) is 5.79. The van der Waals surface area contributed by atoms with Crippen LogP contribution in [0, 0.1) is 13.8 Å². The van der Waals surface area contributed by atoms with Crippen LogP contribution >= 0.6 is 27.3 Å². The fourth-order valence-corrected chi connectivity index (χ4v) is 3.28. The van der Waals surface area contributed by atoms with E-state index in [1.165, 1.54) is 12.1 Å². The maximum Gasteiger partial charge on any atom is 0.345 e. The van der Waals surface area contributed by atoms with Crippen LogP contribution in [-0.4, -0.2) is 17.0 Å². The molecule has 0 aliphatic carbocycles. The highest BCUT2D eigenvalue weighted by atomic mass is 79.9. The van der Waals surface area contributed by atoms with E-state index in [9.17, 15) is 9.59 Å². The van der Waals surface area contributed by atoms with Crippen molar-refractivity contribution in [2.24, 2.45) is 0 Å². The van der Waals surface area contributed by atoms with Gasteiger partial charge in [-0.1, -0.05) is 15.9 Å². The number of halogens is 1. The Kier molecular flexibility index (Phi) is 4.25. The molecular weight excluding hydrogens is 342 g/mol. The average molecular weight is 354 g/mol. The molecule has 1 aromatic carbocycles. The first-order valence-corrected chi connectivity index (χ1v) is 7.40. The molecule has 1 heterocycles. The van der Waals surface area contributed by atoms with Crippen LogP contribution in [-0.2, 0) is 0 Å². The van der Waals surface area contributed by atoms with E-state index < -0.39 is 5.97 Å². The van der Waals surface area contributed by atoms with E-state index in [2.05, 4.69) is 21.2 Å². The first-order chi connectivity index (χ1) is 9.38. The molecule has 4 nitrogen and oxygen atoms in total. The van der Waals surface area contributed by atoms with Crippen molar-refractivity contribution in [2.45, 2.75) is 13.8 Å². The molecular formula is C14H12BrNO3S. The Labute approximate surface area is 128 Å². The molecule has 2 N–H and O–H groups in total. The number of carboxylic acid groups (broad SMARTS) is 1. The zero-order valence-corrected chi connectivity index (χ0v) is 13.3. The average Bonchev–Trinajstić information content (AvgIpc) is 2.83. The van der Waals surface area contributed by atoms with Crippen molar-refractivity contribution in [2.75, 3.05) is 5.32 Å². The highest BCUT2D eigenvalue weighted by Gasteiger charge is 2.15. The van der Waals surface area contributed by atoms with Gasteiger partial charge < -0.3 is 10.4 Å². The highest BCUT2D eigenvalue weighted by molar-refractivity contribution is 9.10. The minimum atomic E-state index is -1.02. The van der Waals surface area contributed by atoms with Crippen LogP contribution in [0.3, 0.4) is 0 Å². The second-order valence-corrected chi connectivity index (χ2v) is 6.34. The summed E-state index contributed by atoms with van der Waals surface area (Å²) in [6.45, 7) is 3.81. The zero-order valence-electron chi connectivity index (χ0n) is 10.9. The molecule has 2 rings (SSSR count). The summed E-state index contributed by atoms with van der Waals surface area (Å²) in [6, 6.07) is 6.79. The van der Waals surface area contributed by atoms with Crippen molar-refractivity contribution < 1.29 is 14.7 Å². The van der Waals surface area contributed by atoms with Gasteiger partial charge in [-0.2, -0.15) is 0 Å². The predicted molar refractivity (Wildman–Crippen MR) is 82.8 cm³/mol. The van der Waals surface area contributed by atoms with Crippen LogP contribution in [0.1, 0.15) is 30.5 Å². The number of nitrogens with one attached hydrogen (secondary N) is 1. The molecule has 0 aliphatic heterocycles. The molecule has 0 radical (unpaired) electrons. The molecule has 0 saturated heterocycles. The number of carbonyl (C=O) groups is 2. The molecule has 1 amide bonds. The summed E-state index contributed by atoms with van der Waals surface area (Å²) in [5.74, 6) is -1.32. The van der Waals surface area contributed by atoms with Crippen molar-refractivity contribution in [3.63, 3.8) is 0 Å². The Bertz CT molecular complexity index is 670. The van der Waals surface area contributed by atoms with E-state index in [4.69, 9.17) is 5.11 Å². The molecule has 0 aliphatic rings. The van der Waals surface area contributed by atoms with Crippen molar-refractivity contribution in [1.82, 2.24) is 0 Å². The molecule has 0 saturated carbocycles. The van der Waals surface area contributed by atoms with Crippen LogP contribution in [0.2, 0.25) is 0 Å². The summed E-state index contributed by atoms with van der Waals surface area (Å²) in [5.41, 5.74) is 2.64. The SMILES string of the molecule is Cc1cc(Br)cc(C)c1NC(=O)c1ccc(C(=O)O)s1. The fraction of sp³-hybridized carbons (Fsp3) is 0.143. The number of aromatic carboxylic acids is 1. The smallest absolute Gasteiger partial charge is 0.345 e. The number of amides is 1. The molecule has 0 unspecified atom stereocenters. The molecule has 2 aromatic rings. The third-order valence-electron chi connectivity index (χ3n) is 2.78. The Balaban J connectivity index is 2.25. The van der Waals surface area contributed by atoms with Gasteiger partial charge in [-0.05, 0) is 49.2 Å². The van der Waals surface area contributed by atoms with Gasteiger partial charge in [-0.25, -0.2) is 4.79 Å². The number of aryl methyl sites for hydroxylation is 2. The number of carbonyl (C=O) groups excluding carboxylic acids is 1. The summed E-state index contributed by atoms with van der Waals surface area (Å²) < 4.78 is 0.954. The van der Waals surface area contributed by atoms with Gasteiger partial charge in [0, 0.05) is 10.2 Å². The Hall–Kier alpha value is -1.66. The second kappa shape index (κ2) is 5.76. The minimum absolute atomic E-state index is 0.152. The van der Waals surface area contributed by atoms with Gasteiger partial charge in [0.2, 0.25) is 0 Å². The lowest BCUT2D eigenvalue weighted by atomic mass is 10.1. The van der Waals surface area contributed by atoms with E-state index in [-0.39, 0.29) is 10.8 Å². The lowest BCUT2D eigenvalue weighted by Gasteiger charge is -2.11. The maximum absolute atomic E-state index is 12.1. The van der Waals surface area contributed by atoms with Crippen molar-refractivity contribution in [3.8, 4) is 0 Å². The fourth-order valence-electron chi connectivity index (χ4n) is 1.86. The predicted octanol–water partition coefficient (Wildman–Crippen LogP) is 4.08. The lowest BCUT2D eigenvalue weighted by Crippen LogP contribution is -2.12. The Morgan fingerprint density at radius 3 is 2.20 bits per heavy atom. The number of hydrogen-bond acceptors (Lipinski definition) is 3. The summed E-state index contributed by atoms with van der Waals surface area (Å²) >= 11 is 4.36. The molecule has 0 bridgehead atoms. The molecule has 6 heteroatoms. The summed E-state index contributed by atoms with van der Waals surface area (Å²) in [5, 5.41) is 11.7. The number of benzene rings is 1. The van der Waals surface area contributed by atoms with Gasteiger partial charge in [0.1, 0.15) is 4.88 Å². The van der Waals surface area contributed by atoms with Gasteiger partial charge in [-0.15, -0.1) is 11.3 Å². The largest absolute Gasteiger partial charge is 0.477 e. The standard InChI is InChI=1S/C14H12BrNO3S/c1-7-5-9(15)6-8(2)12(7)16-13(17)10-3-4-11(20-10)14(18)19/h3-6H,1-2H3,(H,16,17)(H,18,19). The summed E-state index contributed by atoms with van der Waals surface area (Å²) in [6.07, 6.45) is 0. The summed E-state index contributed by atoms with van der Waals surface area (Å²) in [7, 11) is 0. The minimum Gasteiger partial charge on any atom is -0.477 e. The third kappa shape index (κ3) is 3.08. The number of thiophene rings is 1. The second-order valence-electron chi connectivity index (χ2n) is 4.34. The number of hydrogen-bond donors (Lipinski definition) is 2. The quantitative estimate of drug-likeness (QED) is 0.873. The molecule has 0 atom stereocenters. The van der Waals surface area contributed by atoms with E-state index in [1.807, 2.05) is 26.0 Å². The van der Waals surface area contributed by atoms with Crippen LogP contribution in [0.5, 0.6) is 0 Å². The van der Waals surface area contributed by atoms with E-state index >= 15 is 0 Å². The number of carboxylic acids is 1. The first kappa shape index (κ1) is 14.7. The van der Waals surface area contributed by atoms with Crippen molar-refractivity contribution in [1.29, 1.82) is 0 Å². The highest BCUT2D eigenvalue weighted by Crippen LogP contribution is 2.26. The van der Waals surface area contributed by atoms with Gasteiger partial charge in [-0.3, -0.25) is 4.79 Å². The Morgan fingerprint density at radius 1 is 1.15 bits per heavy atom.